The highest BCUT2D eigenvalue weighted by Crippen LogP contribution is 2.17. The van der Waals surface area contributed by atoms with E-state index >= 15 is 0 Å². The minimum absolute atomic E-state index is 0.143. The van der Waals surface area contributed by atoms with Crippen LogP contribution in [0.25, 0.3) is 0 Å². The van der Waals surface area contributed by atoms with Gasteiger partial charge in [0.25, 0.3) is 0 Å². The van der Waals surface area contributed by atoms with E-state index in [1.807, 2.05) is 19.1 Å². The van der Waals surface area contributed by atoms with E-state index < -0.39 is 10.0 Å². The highest BCUT2D eigenvalue weighted by molar-refractivity contribution is 7.89. The zero-order valence-corrected chi connectivity index (χ0v) is 12.4. The van der Waals surface area contributed by atoms with Crippen LogP contribution in [0.2, 0.25) is 0 Å². The third-order valence-electron chi connectivity index (χ3n) is 2.88. The standard InChI is InChI=1S/C14H20N2O2S/c1-5-6-11-15-12(2)13-7-9-14(10-8-13)19(17,18)16(3)4/h1,7-10,12,15H,6,11H2,2-4H3. The lowest BCUT2D eigenvalue weighted by Gasteiger charge is -2.15. The van der Waals surface area contributed by atoms with Gasteiger partial charge in [-0.1, -0.05) is 12.1 Å². The lowest BCUT2D eigenvalue weighted by atomic mass is 10.1. The molecule has 1 N–H and O–H groups in total. The SMILES string of the molecule is C#CCCNC(C)c1ccc(S(=O)(=O)N(C)C)cc1. The number of nitrogens with one attached hydrogen (secondary N) is 1. The molecule has 0 bridgehead atoms. The molecule has 0 radical (unpaired) electrons. The minimum atomic E-state index is -3.35. The predicted octanol–water partition coefficient (Wildman–Crippen LogP) is 1.61. The Morgan fingerprint density at radius 3 is 2.37 bits per heavy atom. The van der Waals surface area contributed by atoms with E-state index in [1.165, 1.54) is 18.4 Å². The van der Waals surface area contributed by atoms with Crippen molar-refractivity contribution in [1.82, 2.24) is 9.62 Å². The summed E-state index contributed by atoms with van der Waals surface area (Å²) in [7, 11) is -0.312. The number of hydrogen-bond acceptors (Lipinski definition) is 3. The first-order chi connectivity index (χ1) is 8.89. The molecule has 0 aliphatic carbocycles. The van der Waals surface area contributed by atoms with Crippen LogP contribution in [0.5, 0.6) is 0 Å². The Labute approximate surface area is 115 Å². The Morgan fingerprint density at radius 2 is 1.89 bits per heavy atom. The van der Waals surface area contributed by atoms with E-state index in [-0.39, 0.29) is 6.04 Å². The molecular weight excluding hydrogens is 260 g/mol. The van der Waals surface area contributed by atoms with Gasteiger partial charge in [-0.05, 0) is 24.6 Å². The van der Waals surface area contributed by atoms with E-state index in [2.05, 4.69) is 11.2 Å². The van der Waals surface area contributed by atoms with E-state index in [1.54, 1.807) is 12.1 Å². The number of benzene rings is 1. The van der Waals surface area contributed by atoms with Crippen molar-refractivity contribution in [3.63, 3.8) is 0 Å². The Morgan fingerprint density at radius 1 is 1.32 bits per heavy atom. The van der Waals surface area contributed by atoms with Crippen molar-refractivity contribution in [3.05, 3.63) is 29.8 Å². The Hall–Kier alpha value is -1.35. The third kappa shape index (κ3) is 4.06. The van der Waals surface area contributed by atoms with Crippen LogP contribution < -0.4 is 5.32 Å². The second kappa shape index (κ2) is 6.71. The van der Waals surface area contributed by atoms with Gasteiger partial charge in [0.2, 0.25) is 10.0 Å². The summed E-state index contributed by atoms with van der Waals surface area (Å²) >= 11 is 0. The number of terminal acetylenes is 1. The van der Waals surface area contributed by atoms with Gasteiger partial charge in [0, 0.05) is 33.1 Å². The van der Waals surface area contributed by atoms with Gasteiger partial charge < -0.3 is 5.32 Å². The fraction of sp³-hybridized carbons (Fsp3) is 0.429. The largest absolute Gasteiger partial charge is 0.309 e. The molecule has 104 valence electrons. The number of rotatable bonds is 6. The zero-order chi connectivity index (χ0) is 14.5. The second-order valence-corrected chi connectivity index (χ2v) is 6.64. The molecule has 4 nitrogen and oxygen atoms in total. The molecule has 0 saturated carbocycles. The summed E-state index contributed by atoms with van der Waals surface area (Å²) in [6.07, 6.45) is 5.87. The predicted molar refractivity (Wildman–Crippen MR) is 77.2 cm³/mol. The van der Waals surface area contributed by atoms with Crippen molar-refractivity contribution in [2.24, 2.45) is 0 Å². The van der Waals surface area contributed by atoms with Gasteiger partial charge in [-0.25, -0.2) is 12.7 Å². The van der Waals surface area contributed by atoms with Crippen molar-refractivity contribution in [2.75, 3.05) is 20.6 Å². The molecule has 1 atom stereocenters. The summed E-state index contributed by atoms with van der Waals surface area (Å²) in [5, 5.41) is 3.28. The average Bonchev–Trinajstić information content (AvgIpc) is 2.39. The van der Waals surface area contributed by atoms with Crippen LogP contribution in [-0.4, -0.2) is 33.4 Å². The molecule has 0 aliphatic rings. The lowest BCUT2D eigenvalue weighted by Crippen LogP contribution is -2.22. The van der Waals surface area contributed by atoms with Crippen LogP contribution in [0.3, 0.4) is 0 Å². The van der Waals surface area contributed by atoms with Gasteiger partial charge in [-0.3, -0.25) is 0 Å². The first kappa shape index (κ1) is 15.7. The van der Waals surface area contributed by atoms with Crippen molar-refractivity contribution < 1.29 is 8.42 Å². The van der Waals surface area contributed by atoms with Gasteiger partial charge in [0.05, 0.1) is 4.90 Å². The molecule has 1 aromatic carbocycles. The summed E-state index contributed by atoms with van der Waals surface area (Å²) in [6, 6.07) is 7.05. The Kier molecular flexibility index (Phi) is 5.55. The number of nitrogens with zero attached hydrogens (tertiary/aromatic N) is 1. The fourth-order valence-electron chi connectivity index (χ4n) is 1.62. The molecule has 0 amide bonds. The first-order valence-electron chi connectivity index (χ1n) is 6.09. The van der Waals surface area contributed by atoms with Gasteiger partial charge in [-0.2, -0.15) is 0 Å². The van der Waals surface area contributed by atoms with Crippen LogP contribution in [0.15, 0.2) is 29.2 Å². The molecule has 19 heavy (non-hydrogen) atoms. The van der Waals surface area contributed by atoms with Gasteiger partial charge in [0.15, 0.2) is 0 Å². The zero-order valence-electron chi connectivity index (χ0n) is 11.6. The molecule has 5 heteroatoms. The van der Waals surface area contributed by atoms with E-state index in [4.69, 9.17) is 6.42 Å². The molecule has 0 aliphatic heterocycles. The monoisotopic (exact) mass is 280 g/mol. The first-order valence-corrected chi connectivity index (χ1v) is 7.53. The molecular formula is C14H20N2O2S. The van der Waals surface area contributed by atoms with Crippen LogP contribution in [-0.2, 0) is 10.0 Å². The van der Waals surface area contributed by atoms with E-state index in [0.29, 0.717) is 11.3 Å². The topological polar surface area (TPSA) is 49.4 Å². The van der Waals surface area contributed by atoms with Crippen LogP contribution in [0, 0.1) is 12.3 Å². The van der Waals surface area contributed by atoms with Gasteiger partial charge in [0.1, 0.15) is 0 Å². The van der Waals surface area contributed by atoms with E-state index in [0.717, 1.165) is 12.1 Å². The summed E-state index contributed by atoms with van der Waals surface area (Å²) in [6.45, 7) is 2.77. The Balaban J connectivity index is 2.80. The number of sulfonamides is 1. The smallest absolute Gasteiger partial charge is 0.242 e. The molecule has 0 fully saturated rings. The van der Waals surface area contributed by atoms with Crippen molar-refractivity contribution in [1.29, 1.82) is 0 Å². The molecule has 0 saturated heterocycles. The fourth-order valence-corrected chi connectivity index (χ4v) is 2.52. The molecule has 0 aromatic heterocycles. The number of hydrogen-bond donors (Lipinski definition) is 1. The van der Waals surface area contributed by atoms with Crippen molar-refractivity contribution in [2.45, 2.75) is 24.3 Å². The molecule has 0 spiro atoms. The third-order valence-corrected chi connectivity index (χ3v) is 4.71. The van der Waals surface area contributed by atoms with Crippen LogP contribution in [0.4, 0.5) is 0 Å². The van der Waals surface area contributed by atoms with Gasteiger partial charge in [-0.15, -0.1) is 12.3 Å². The summed E-state index contributed by atoms with van der Waals surface area (Å²) in [5.41, 5.74) is 1.04. The maximum absolute atomic E-state index is 11.9. The normalized spacial score (nSPS) is 13.2. The quantitative estimate of drug-likeness (QED) is 0.636. The maximum Gasteiger partial charge on any atom is 0.242 e. The molecule has 1 unspecified atom stereocenters. The summed E-state index contributed by atoms with van der Waals surface area (Å²) < 4.78 is 25.0. The maximum atomic E-state index is 11.9. The van der Waals surface area contributed by atoms with Gasteiger partial charge >= 0.3 is 0 Å². The highest BCUT2D eigenvalue weighted by Gasteiger charge is 2.17. The summed E-state index contributed by atoms with van der Waals surface area (Å²) in [5.74, 6) is 2.57. The van der Waals surface area contributed by atoms with Crippen molar-refractivity contribution in [3.8, 4) is 12.3 Å². The Bertz CT molecular complexity index is 542. The lowest BCUT2D eigenvalue weighted by molar-refractivity contribution is 0.520. The molecule has 1 rings (SSSR count). The van der Waals surface area contributed by atoms with Crippen LogP contribution >= 0.6 is 0 Å². The average molecular weight is 280 g/mol. The second-order valence-electron chi connectivity index (χ2n) is 4.49. The molecule has 1 aromatic rings. The van der Waals surface area contributed by atoms with Crippen LogP contribution in [0.1, 0.15) is 24.9 Å². The van der Waals surface area contributed by atoms with Crippen molar-refractivity contribution >= 4 is 10.0 Å². The molecule has 0 heterocycles. The highest BCUT2D eigenvalue weighted by atomic mass is 32.2. The van der Waals surface area contributed by atoms with E-state index in [9.17, 15) is 8.42 Å². The summed E-state index contributed by atoms with van der Waals surface area (Å²) in [4.78, 5) is 0.303. The minimum Gasteiger partial charge on any atom is -0.309 e.